The maximum absolute atomic E-state index is 15.0. The number of nitrogens with one attached hydrogen (secondary N) is 1. The van der Waals surface area contributed by atoms with Crippen LogP contribution in [0.2, 0.25) is 0 Å². The number of nitrogens with zero attached hydrogens (tertiary/aromatic N) is 3. The van der Waals surface area contributed by atoms with Gasteiger partial charge in [-0.25, -0.2) is 14.6 Å². The molecular formula is C39H54N4O8. The Morgan fingerprint density at radius 3 is 2.37 bits per heavy atom. The van der Waals surface area contributed by atoms with E-state index in [0.717, 1.165) is 62.1 Å². The van der Waals surface area contributed by atoms with E-state index >= 15 is 0 Å². The van der Waals surface area contributed by atoms with Gasteiger partial charge in [-0.3, -0.25) is 19.8 Å². The number of benzene rings is 1. The number of aromatic nitrogens is 1. The molecule has 0 radical (unpaired) electrons. The monoisotopic (exact) mass is 706 g/mol. The van der Waals surface area contributed by atoms with Crippen LogP contribution in [0.1, 0.15) is 85.5 Å². The van der Waals surface area contributed by atoms with Gasteiger partial charge in [0.2, 0.25) is 5.91 Å². The van der Waals surface area contributed by atoms with E-state index in [0.29, 0.717) is 31.1 Å². The van der Waals surface area contributed by atoms with Crippen LogP contribution in [0.15, 0.2) is 55.8 Å². The van der Waals surface area contributed by atoms with Gasteiger partial charge in [0.1, 0.15) is 42.5 Å². The second-order valence-electron chi connectivity index (χ2n) is 14.4. The Labute approximate surface area is 301 Å². The number of hydrogen-bond donors (Lipinski definition) is 1. The van der Waals surface area contributed by atoms with Crippen molar-refractivity contribution in [3.8, 4) is 5.75 Å². The first-order chi connectivity index (χ1) is 24.4. The van der Waals surface area contributed by atoms with E-state index < -0.39 is 35.8 Å². The quantitative estimate of drug-likeness (QED) is 0.121. The van der Waals surface area contributed by atoms with Gasteiger partial charge < -0.3 is 23.8 Å². The maximum Gasteiger partial charge on any atom is 0.413 e. The molecular weight excluding hydrogens is 652 g/mol. The maximum atomic E-state index is 15.0. The normalized spacial score (nSPS) is 17.8. The molecule has 1 aromatic heterocycles. The summed E-state index contributed by atoms with van der Waals surface area (Å²) in [6.45, 7) is 14.9. The minimum Gasteiger partial charge on any atom is -0.493 e. The number of hydrogen-bond acceptors (Lipinski definition) is 9. The Morgan fingerprint density at radius 1 is 0.961 bits per heavy atom. The summed E-state index contributed by atoms with van der Waals surface area (Å²) >= 11 is 0. The second-order valence-corrected chi connectivity index (χ2v) is 14.4. The van der Waals surface area contributed by atoms with E-state index in [9.17, 15) is 19.2 Å². The van der Waals surface area contributed by atoms with E-state index in [1.807, 2.05) is 29.2 Å². The van der Waals surface area contributed by atoms with Crippen LogP contribution in [0.3, 0.4) is 0 Å². The van der Waals surface area contributed by atoms with Gasteiger partial charge in [-0.1, -0.05) is 44.6 Å². The zero-order chi connectivity index (χ0) is 37.0. The molecule has 1 unspecified atom stereocenters. The summed E-state index contributed by atoms with van der Waals surface area (Å²) in [5.41, 5.74) is -2.10. The van der Waals surface area contributed by atoms with Crippen LogP contribution in [0.5, 0.6) is 5.75 Å². The molecule has 51 heavy (non-hydrogen) atoms. The number of piperidine rings is 1. The van der Waals surface area contributed by atoms with Crippen molar-refractivity contribution in [2.45, 2.75) is 103 Å². The highest BCUT2D eigenvalue weighted by atomic mass is 16.6. The van der Waals surface area contributed by atoms with Gasteiger partial charge in [-0.2, -0.15) is 0 Å². The van der Waals surface area contributed by atoms with Crippen LogP contribution in [0.25, 0.3) is 10.8 Å². The minimum absolute atomic E-state index is 0.0480. The third-order valence-corrected chi connectivity index (χ3v) is 9.54. The van der Waals surface area contributed by atoms with Crippen molar-refractivity contribution in [3.63, 3.8) is 0 Å². The second kappa shape index (κ2) is 18.1. The first-order valence-electron chi connectivity index (χ1n) is 18.0. The molecule has 12 nitrogen and oxygen atoms in total. The summed E-state index contributed by atoms with van der Waals surface area (Å²) in [4.78, 5) is 61.5. The first-order valence-corrected chi connectivity index (χ1v) is 18.0. The number of carbonyl (C=O) groups excluding carboxylic acids is 4. The fraction of sp³-hybridized carbons (Fsp3) is 0.564. The number of pyridine rings is 1. The summed E-state index contributed by atoms with van der Waals surface area (Å²) < 4.78 is 22.4. The number of amides is 3. The molecule has 0 bridgehead atoms. The first kappa shape index (κ1) is 39.2. The lowest BCUT2D eigenvalue weighted by Crippen LogP contribution is -2.66. The highest BCUT2D eigenvalue weighted by Crippen LogP contribution is 2.40. The van der Waals surface area contributed by atoms with Gasteiger partial charge in [-0.05, 0) is 95.4 Å². The van der Waals surface area contributed by atoms with Gasteiger partial charge in [0.25, 0.3) is 0 Å². The molecule has 1 saturated carbocycles. The number of fused-ring (bicyclic) bond motifs is 1. The minimum atomic E-state index is -1.33. The highest BCUT2D eigenvalue weighted by molar-refractivity contribution is 5.98. The standard InChI is InChI=1S/C39H54N4O8/c1-7-23-49-36(46)41-34-32-18-17-31(26-28(32)19-21-40-34)48-25-20-30-16-12-13-22-42(30)35(45)39(6,29-14-10-9-11-15-29)43(37(47)50-24-8-2)27-33(44)51-38(3,4)5/h7-8,17-19,21,26,29-30H,1-2,9-16,20,22-25,27H2,3-6H3,(H,40,41,46)/t30?,39-/m1/s1. The Bertz CT molecular complexity index is 1550. The summed E-state index contributed by atoms with van der Waals surface area (Å²) in [5.74, 6) is 0.0792. The summed E-state index contributed by atoms with van der Waals surface area (Å²) in [5, 5.41) is 4.22. The molecule has 0 spiro atoms. The SMILES string of the molecule is C=CCOC(=O)Nc1nccc2cc(OCCC3CCCCN3C(=O)[C@@](C)(C3CCCCC3)N(CC(=O)OC(C)(C)C)C(=O)OCC=C)ccc12. The molecule has 2 fully saturated rings. The van der Waals surface area contributed by atoms with Crippen LogP contribution in [0, 0.1) is 5.92 Å². The van der Waals surface area contributed by atoms with Crippen molar-refractivity contribution < 1.29 is 38.1 Å². The largest absolute Gasteiger partial charge is 0.493 e. The van der Waals surface area contributed by atoms with Crippen molar-refractivity contribution in [1.29, 1.82) is 0 Å². The van der Waals surface area contributed by atoms with Crippen molar-refractivity contribution in [2.24, 2.45) is 5.92 Å². The fourth-order valence-electron chi connectivity index (χ4n) is 7.09. The van der Waals surface area contributed by atoms with Gasteiger partial charge in [0.05, 0.1) is 6.61 Å². The molecule has 1 N–H and O–H groups in total. The number of anilines is 1. The van der Waals surface area contributed by atoms with Crippen LogP contribution < -0.4 is 10.1 Å². The highest BCUT2D eigenvalue weighted by Gasteiger charge is 2.52. The van der Waals surface area contributed by atoms with E-state index in [1.165, 1.54) is 17.1 Å². The van der Waals surface area contributed by atoms with Gasteiger partial charge in [0.15, 0.2) is 0 Å². The van der Waals surface area contributed by atoms with Gasteiger partial charge in [-0.15, -0.1) is 0 Å². The zero-order valence-corrected chi connectivity index (χ0v) is 30.6. The fourth-order valence-corrected chi connectivity index (χ4v) is 7.09. The third-order valence-electron chi connectivity index (χ3n) is 9.54. The number of esters is 1. The number of likely N-dealkylation sites (tertiary alicyclic amines) is 1. The predicted octanol–water partition coefficient (Wildman–Crippen LogP) is 7.42. The topological polar surface area (TPSA) is 137 Å². The molecule has 1 aliphatic carbocycles. The molecule has 1 saturated heterocycles. The van der Waals surface area contributed by atoms with Crippen molar-refractivity contribution >= 4 is 40.7 Å². The molecule has 2 aromatic rings. The van der Waals surface area contributed by atoms with Crippen LogP contribution in [-0.4, -0.2) is 88.9 Å². The smallest absolute Gasteiger partial charge is 0.413 e. The lowest BCUT2D eigenvalue weighted by molar-refractivity contribution is -0.162. The molecule has 2 heterocycles. The average molecular weight is 707 g/mol. The Balaban J connectivity index is 1.54. The van der Waals surface area contributed by atoms with E-state index in [4.69, 9.17) is 18.9 Å². The van der Waals surface area contributed by atoms with Gasteiger partial charge in [0, 0.05) is 30.6 Å². The number of rotatable bonds is 14. The molecule has 2 atom stereocenters. The summed E-state index contributed by atoms with van der Waals surface area (Å²) in [7, 11) is 0. The van der Waals surface area contributed by atoms with E-state index in [1.54, 1.807) is 33.9 Å². The number of carbonyl (C=O) groups is 4. The van der Waals surface area contributed by atoms with Crippen molar-refractivity contribution in [1.82, 2.24) is 14.8 Å². The Morgan fingerprint density at radius 2 is 1.67 bits per heavy atom. The molecule has 278 valence electrons. The molecule has 4 rings (SSSR count). The predicted molar refractivity (Wildman–Crippen MR) is 195 cm³/mol. The Hall–Kier alpha value is -4.61. The van der Waals surface area contributed by atoms with Crippen LogP contribution in [0.4, 0.5) is 15.4 Å². The molecule has 1 aromatic carbocycles. The summed E-state index contributed by atoms with van der Waals surface area (Å²) in [6.07, 6.45) is 10.8. The van der Waals surface area contributed by atoms with Crippen LogP contribution in [-0.2, 0) is 23.8 Å². The lowest BCUT2D eigenvalue weighted by atomic mass is 9.73. The zero-order valence-electron chi connectivity index (χ0n) is 30.6. The molecule has 2 aliphatic rings. The summed E-state index contributed by atoms with van der Waals surface area (Å²) in [6, 6.07) is 7.24. The van der Waals surface area contributed by atoms with Crippen molar-refractivity contribution in [3.05, 3.63) is 55.8 Å². The molecule has 3 amide bonds. The Kier molecular flexibility index (Phi) is 13.9. The van der Waals surface area contributed by atoms with E-state index in [2.05, 4.69) is 23.5 Å². The van der Waals surface area contributed by atoms with Crippen LogP contribution >= 0.6 is 0 Å². The molecule has 12 heteroatoms. The third kappa shape index (κ3) is 10.5. The van der Waals surface area contributed by atoms with Gasteiger partial charge >= 0.3 is 18.2 Å². The lowest BCUT2D eigenvalue weighted by Gasteiger charge is -2.49. The number of ether oxygens (including phenoxy) is 4. The van der Waals surface area contributed by atoms with Crippen molar-refractivity contribution in [2.75, 3.05) is 38.2 Å². The van der Waals surface area contributed by atoms with E-state index in [-0.39, 0.29) is 31.1 Å². The average Bonchev–Trinajstić information content (AvgIpc) is 3.11. The molecule has 1 aliphatic heterocycles.